The molecule has 3 rings (SSSR count). The minimum absolute atomic E-state index is 0.0912. The highest BCUT2D eigenvalue weighted by atomic mass is 31.2. The zero-order valence-corrected chi connectivity index (χ0v) is 15.1. The predicted octanol–water partition coefficient (Wildman–Crippen LogP) is 4.96. The lowest BCUT2D eigenvalue weighted by Gasteiger charge is -2.33. The maximum atomic E-state index is 13.5. The smallest absolute Gasteiger partial charge is 0.365 e. The molecule has 2 aliphatic carbocycles. The third kappa shape index (κ3) is 4.66. The van der Waals surface area contributed by atoms with E-state index in [0.717, 1.165) is 51.4 Å². The Labute approximate surface area is 144 Å². The Balaban J connectivity index is 1.77. The van der Waals surface area contributed by atoms with Crippen LogP contribution in [0.25, 0.3) is 0 Å². The second-order valence-corrected chi connectivity index (χ2v) is 8.89. The lowest BCUT2D eigenvalue weighted by molar-refractivity contribution is 0.0538. The van der Waals surface area contributed by atoms with Crippen molar-refractivity contribution in [2.45, 2.75) is 82.3 Å². The lowest BCUT2D eigenvalue weighted by Crippen LogP contribution is -2.23. The summed E-state index contributed by atoms with van der Waals surface area (Å²) < 4.78 is 25.4. The maximum absolute atomic E-state index is 13.5. The zero-order valence-electron chi connectivity index (χ0n) is 14.2. The molecule has 0 amide bonds. The van der Waals surface area contributed by atoms with Crippen molar-refractivity contribution in [2.24, 2.45) is 0 Å². The number of aromatic nitrogens is 1. The number of pyridine rings is 1. The topological polar surface area (TPSA) is 68.7 Å². The fourth-order valence-electron chi connectivity index (χ4n) is 3.59. The summed E-state index contributed by atoms with van der Waals surface area (Å²) >= 11 is 0. The van der Waals surface area contributed by atoms with Gasteiger partial charge in [0.2, 0.25) is 0 Å². The maximum Gasteiger partial charge on any atom is 0.365 e. The van der Waals surface area contributed by atoms with Crippen LogP contribution in [0.2, 0.25) is 0 Å². The minimum atomic E-state index is -3.68. The van der Waals surface area contributed by atoms with Gasteiger partial charge < -0.3 is 14.2 Å². The quantitative estimate of drug-likeness (QED) is 0.732. The van der Waals surface area contributed by atoms with Crippen molar-refractivity contribution in [3.8, 4) is 0 Å². The van der Waals surface area contributed by atoms with E-state index >= 15 is 0 Å². The molecule has 0 aliphatic heterocycles. The number of rotatable bonds is 6. The van der Waals surface area contributed by atoms with Gasteiger partial charge >= 0.3 is 7.60 Å². The summed E-state index contributed by atoms with van der Waals surface area (Å²) in [5, 5.41) is 10.7. The third-order valence-electron chi connectivity index (χ3n) is 4.95. The molecule has 1 atom stereocenters. The van der Waals surface area contributed by atoms with E-state index in [4.69, 9.17) is 9.05 Å². The largest absolute Gasteiger partial charge is 0.375 e. The third-order valence-corrected chi connectivity index (χ3v) is 7.00. The first-order valence-corrected chi connectivity index (χ1v) is 10.8. The van der Waals surface area contributed by atoms with Crippen molar-refractivity contribution in [2.75, 3.05) is 0 Å². The van der Waals surface area contributed by atoms with Gasteiger partial charge in [-0.1, -0.05) is 44.6 Å². The van der Waals surface area contributed by atoms with Crippen molar-refractivity contribution < 1.29 is 18.7 Å². The van der Waals surface area contributed by atoms with E-state index in [1.807, 2.05) is 0 Å². The second kappa shape index (κ2) is 8.57. The summed E-state index contributed by atoms with van der Waals surface area (Å²) in [4.78, 5) is 4.15. The number of hydrogen-bond donors (Lipinski definition) is 1. The summed E-state index contributed by atoms with van der Waals surface area (Å²) in [7, 11) is -3.68. The van der Waals surface area contributed by atoms with Crippen LogP contribution in [-0.4, -0.2) is 22.3 Å². The van der Waals surface area contributed by atoms with E-state index < -0.39 is 13.4 Å². The fourth-order valence-corrected chi connectivity index (χ4v) is 5.60. The minimum Gasteiger partial charge on any atom is -0.375 e. The van der Waals surface area contributed by atoms with Gasteiger partial charge in [-0.05, 0) is 37.8 Å². The molecule has 2 saturated carbocycles. The van der Waals surface area contributed by atoms with Gasteiger partial charge in [-0.2, -0.15) is 0 Å². The average molecular weight is 353 g/mol. The Morgan fingerprint density at radius 1 is 0.958 bits per heavy atom. The van der Waals surface area contributed by atoms with Gasteiger partial charge in [-0.3, -0.25) is 9.55 Å². The van der Waals surface area contributed by atoms with E-state index in [-0.39, 0.29) is 12.2 Å². The molecule has 1 aromatic rings. The molecule has 5 nitrogen and oxygen atoms in total. The Kier molecular flexibility index (Phi) is 6.45. The highest BCUT2D eigenvalue weighted by molar-refractivity contribution is 7.54. The summed E-state index contributed by atoms with van der Waals surface area (Å²) in [6, 6.07) is 5.22. The molecular weight excluding hydrogens is 325 g/mol. The molecule has 1 heterocycles. The Hall–Kier alpha value is -0.740. The van der Waals surface area contributed by atoms with Gasteiger partial charge in [-0.15, -0.1) is 0 Å². The number of nitrogens with zero attached hydrogens (tertiary/aromatic N) is 1. The summed E-state index contributed by atoms with van der Waals surface area (Å²) in [5.74, 6) is -1.32. The first-order chi connectivity index (χ1) is 11.7. The molecule has 0 saturated heterocycles. The Bertz CT molecular complexity index is 517. The van der Waals surface area contributed by atoms with Crippen molar-refractivity contribution in [1.29, 1.82) is 0 Å². The van der Waals surface area contributed by atoms with Gasteiger partial charge in [-0.25, -0.2) is 0 Å². The standard InChI is InChI=1S/C18H28NO4P/c20-18(17-13-7-8-14-19-17)24(21,22-15-9-3-1-4-10-15)23-16-11-5-2-6-12-16/h7-8,13-16,18,20H,1-6,9-12H2. The van der Waals surface area contributed by atoms with Crippen LogP contribution in [0.1, 0.15) is 75.7 Å². The number of aliphatic hydroxyl groups excluding tert-OH is 1. The van der Waals surface area contributed by atoms with Crippen LogP contribution in [0.4, 0.5) is 0 Å². The van der Waals surface area contributed by atoms with Crippen LogP contribution in [-0.2, 0) is 13.6 Å². The molecule has 2 aliphatic rings. The molecule has 0 bridgehead atoms. The van der Waals surface area contributed by atoms with Gasteiger partial charge in [0, 0.05) is 6.20 Å². The molecule has 0 aromatic carbocycles. The molecule has 2 fully saturated rings. The summed E-state index contributed by atoms with van der Waals surface area (Å²) in [6.07, 6.45) is 11.6. The first kappa shape index (κ1) is 18.1. The molecule has 6 heteroatoms. The van der Waals surface area contributed by atoms with Gasteiger partial charge in [0.25, 0.3) is 0 Å². The zero-order chi connectivity index (χ0) is 16.8. The second-order valence-electron chi connectivity index (χ2n) is 6.90. The molecule has 1 N–H and O–H groups in total. The Morgan fingerprint density at radius 3 is 1.96 bits per heavy atom. The SMILES string of the molecule is O=P(OC1CCCCC1)(OC1CCCCC1)C(O)c1ccccn1. The van der Waals surface area contributed by atoms with E-state index in [0.29, 0.717) is 5.69 Å². The molecular formula is C18H28NO4P. The van der Waals surface area contributed by atoms with Gasteiger partial charge in [0.05, 0.1) is 17.9 Å². The highest BCUT2D eigenvalue weighted by Crippen LogP contribution is 2.62. The van der Waals surface area contributed by atoms with E-state index in [1.54, 1.807) is 24.4 Å². The number of aliphatic hydroxyl groups is 1. The first-order valence-electron chi connectivity index (χ1n) is 9.23. The van der Waals surface area contributed by atoms with Crippen LogP contribution in [0.5, 0.6) is 0 Å². The van der Waals surface area contributed by atoms with Crippen LogP contribution in [0.3, 0.4) is 0 Å². The number of hydrogen-bond acceptors (Lipinski definition) is 5. The van der Waals surface area contributed by atoms with Crippen molar-refractivity contribution >= 4 is 7.60 Å². The van der Waals surface area contributed by atoms with Crippen molar-refractivity contribution in [3.05, 3.63) is 30.1 Å². The van der Waals surface area contributed by atoms with Crippen molar-refractivity contribution in [1.82, 2.24) is 4.98 Å². The molecule has 0 radical (unpaired) electrons. The molecule has 0 spiro atoms. The highest BCUT2D eigenvalue weighted by Gasteiger charge is 2.41. The van der Waals surface area contributed by atoms with Crippen LogP contribution in [0, 0.1) is 0 Å². The normalized spacial score (nSPS) is 22.4. The molecule has 1 unspecified atom stereocenters. The van der Waals surface area contributed by atoms with Gasteiger partial charge in [0.1, 0.15) is 0 Å². The lowest BCUT2D eigenvalue weighted by atomic mass is 9.98. The van der Waals surface area contributed by atoms with E-state index in [2.05, 4.69) is 4.98 Å². The van der Waals surface area contributed by atoms with Crippen molar-refractivity contribution in [3.63, 3.8) is 0 Å². The fraction of sp³-hybridized carbons (Fsp3) is 0.722. The average Bonchev–Trinajstić information content (AvgIpc) is 2.63. The van der Waals surface area contributed by atoms with Gasteiger partial charge in [0.15, 0.2) is 5.85 Å². The molecule has 1 aromatic heterocycles. The Morgan fingerprint density at radius 2 is 1.50 bits per heavy atom. The summed E-state index contributed by atoms with van der Waals surface area (Å²) in [6.45, 7) is 0. The van der Waals surface area contributed by atoms with E-state index in [9.17, 15) is 9.67 Å². The predicted molar refractivity (Wildman–Crippen MR) is 92.7 cm³/mol. The monoisotopic (exact) mass is 353 g/mol. The van der Waals surface area contributed by atoms with Crippen LogP contribution in [0.15, 0.2) is 24.4 Å². The van der Waals surface area contributed by atoms with E-state index in [1.165, 1.54) is 12.8 Å². The summed E-state index contributed by atoms with van der Waals surface area (Å²) in [5.41, 5.74) is 0.354. The molecule has 134 valence electrons. The van der Waals surface area contributed by atoms with Crippen LogP contribution < -0.4 is 0 Å². The molecule has 24 heavy (non-hydrogen) atoms. The van der Waals surface area contributed by atoms with Crippen LogP contribution >= 0.6 is 7.60 Å².